The number of hydrogen-bond donors (Lipinski definition) is 1. The van der Waals surface area contributed by atoms with Crippen molar-refractivity contribution in [1.29, 1.82) is 0 Å². The molecule has 0 spiro atoms. The molecule has 0 amide bonds. The topological polar surface area (TPSA) is 44.8 Å². The molecular weight excluding hydrogens is 356 g/mol. The van der Waals surface area contributed by atoms with Gasteiger partial charge < -0.3 is 4.98 Å². The minimum absolute atomic E-state index is 0.0347. The van der Waals surface area contributed by atoms with Gasteiger partial charge in [0.25, 0.3) is 0 Å². The number of aromatic nitrogens is 3. The van der Waals surface area contributed by atoms with Gasteiger partial charge in [-0.3, -0.25) is 9.88 Å². The lowest BCUT2D eigenvalue weighted by Gasteiger charge is -2.53. The van der Waals surface area contributed by atoms with E-state index in [0.717, 1.165) is 38.0 Å². The lowest BCUT2D eigenvalue weighted by atomic mass is 9.60. The summed E-state index contributed by atoms with van der Waals surface area (Å²) in [5.74, 6) is 1.72. The van der Waals surface area contributed by atoms with Crippen LogP contribution in [0.3, 0.4) is 0 Å². The van der Waals surface area contributed by atoms with Crippen LogP contribution in [0.4, 0.5) is 0 Å². The summed E-state index contributed by atoms with van der Waals surface area (Å²) in [5.41, 5.74) is 5.45. The Labute approximate surface area is 173 Å². The van der Waals surface area contributed by atoms with Crippen molar-refractivity contribution in [2.45, 2.75) is 51.0 Å². The zero-order chi connectivity index (χ0) is 20.1. The fourth-order valence-electron chi connectivity index (χ4n) is 5.55. The number of hydrogen-bond acceptors (Lipinski definition) is 3. The molecule has 2 unspecified atom stereocenters. The molecule has 150 valence electrons. The molecule has 29 heavy (non-hydrogen) atoms. The number of nitrogens with one attached hydrogen (secondary N) is 1. The number of likely N-dealkylation sites (tertiary alicyclic amines) is 1. The summed E-state index contributed by atoms with van der Waals surface area (Å²) in [6, 6.07) is 13.4. The normalized spacial score (nSPS) is 24.7. The van der Waals surface area contributed by atoms with Crippen LogP contribution in [0.1, 0.15) is 48.5 Å². The van der Waals surface area contributed by atoms with Gasteiger partial charge in [0.2, 0.25) is 0 Å². The number of nitrogens with zero attached hydrogens (tertiary/aromatic N) is 3. The molecule has 1 N–H and O–H groups in total. The van der Waals surface area contributed by atoms with Gasteiger partial charge in [-0.25, -0.2) is 4.98 Å². The molecule has 1 aliphatic heterocycles. The first-order valence-corrected chi connectivity index (χ1v) is 10.7. The Morgan fingerprint density at radius 3 is 2.66 bits per heavy atom. The standard InChI is InChI=1S/C25H30N4/c1-18-8-9-21(16-28-18)24(2,3)29-13-10-25(23-26-11-12-27-23)15-20-7-5-4-6-19(20)14-22(25)17-29/h4-9,11-12,16,22H,10,13-15,17H2,1-3H3,(H,26,27). The summed E-state index contributed by atoms with van der Waals surface area (Å²) in [7, 11) is 0. The van der Waals surface area contributed by atoms with Gasteiger partial charge in [0.1, 0.15) is 5.82 Å². The van der Waals surface area contributed by atoms with Crippen molar-refractivity contribution in [1.82, 2.24) is 19.9 Å². The predicted molar refractivity (Wildman–Crippen MR) is 116 cm³/mol. The second-order valence-electron chi connectivity index (χ2n) is 9.38. The molecular formula is C25H30N4. The van der Waals surface area contributed by atoms with Crippen LogP contribution >= 0.6 is 0 Å². The van der Waals surface area contributed by atoms with E-state index in [0.29, 0.717) is 5.92 Å². The van der Waals surface area contributed by atoms with Crippen LogP contribution in [0.15, 0.2) is 55.0 Å². The summed E-state index contributed by atoms with van der Waals surface area (Å²) < 4.78 is 0. The van der Waals surface area contributed by atoms with E-state index >= 15 is 0 Å². The van der Waals surface area contributed by atoms with Crippen molar-refractivity contribution >= 4 is 0 Å². The van der Waals surface area contributed by atoms with Gasteiger partial charge in [-0.05, 0) is 75.3 Å². The van der Waals surface area contributed by atoms with Crippen LogP contribution in [-0.4, -0.2) is 32.9 Å². The summed E-state index contributed by atoms with van der Waals surface area (Å²) in [4.78, 5) is 15.5. The zero-order valence-electron chi connectivity index (χ0n) is 17.7. The molecule has 2 atom stereocenters. The van der Waals surface area contributed by atoms with Crippen molar-refractivity contribution in [2.24, 2.45) is 5.92 Å². The Morgan fingerprint density at radius 2 is 1.93 bits per heavy atom. The zero-order valence-corrected chi connectivity index (χ0v) is 17.7. The highest BCUT2D eigenvalue weighted by Crippen LogP contribution is 2.48. The average Bonchev–Trinajstić information content (AvgIpc) is 3.27. The van der Waals surface area contributed by atoms with Gasteiger partial charge in [-0.15, -0.1) is 0 Å². The van der Waals surface area contributed by atoms with Gasteiger partial charge in [-0.1, -0.05) is 30.3 Å². The molecule has 3 aromatic rings. The first-order valence-electron chi connectivity index (χ1n) is 10.7. The first kappa shape index (κ1) is 18.6. The summed E-state index contributed by atoms with van der Waals surface area (Å²) in [6.45, 7) is 8.89. The van der Waals surface area contributed by atoms with Crippen molar-refractivity contribution in [3.05, 3.63) is 83.2 Å². The number of piperidine rings is 1. The van der Waals surface area contributed by atoms with Crippen molar-refractivity contribution in [2.75, 3.05) is 13.1 Å². The van der Waals surface area contributed by atoms with E-state index in [2.05, 4.69) is 78.2 Å². The number of H-pyrrole nitrogens is 1. The van der Waals surface area contributed by atoms with E-state index in [4.69, 9.17) is 4.98 Å². The Kier molecular flexibility index (Phi) is 4.36. The third kappa shape index (κ3) is 3.01. The lowest BCUT2D eigenvalue weighted by Crippen LogP contribution is -2.58. The molecule has 1 saturated heterocycles. The predicted octanol–water partition coefficient (Wildman–Crippen LogP) is 4.41. The maximum Gasteiger partial charge on any atom is 0.112 e. The van der Waals surface area contributed by atoms with Crippen molar-refractivity contribution < 1.29 is 0 Å². The highest BCUT2D eigenvalue weighted by Gasteiger charge is 2.50. The molecule has 1 fully saturated rings. The van der Waals surface area contributed by atoms with Gasteiger partial charge in [0.05, 0.1) is 0 Å². The summed E-state index contributed by atoms with van der Waals surface area (Å²) in [5, 5.41) is 0. The molecule has 2 aromatic heterocycles. The van der Waals surface area contributed by atoms with Crippen LogP contribution in [0, 0.1) is 12.8 Å². The van der Waals surface area contributed by atoms with Gasteiger partial charge >= 0.3 is 0 Å². The number of rotatable bonds is 3. The van der Waals surface area contributed by atoms with Crippen LogP contribution in [0.2, 0.25) is 0 Å². The highest BCUT2D eigenvalue weighted by atomic mass is 15.2. The molecule has 3 heterocycles. The highest BCUT2D eigenvalue weighted by molar-refractivity contribution is 5.36. The Balaban J connectivity index is 1.50. The quantitative estimate of drug-likeness (QED) is 0.725. The molecule has 1 aliphatic carbocycles. The van der Waals surface area contributed by atoms with Crippen LogP contribution in [0.5, 0.6) is 0 Å². The second kappa shape index (κ2) is 6.81. The molecule has 0 radical (unpaired) electrons. The smallest absolute Gasteiger partial charge is 0.112 e. The summed E-state index contributed by atoms with van der Waals surface area (Å²) >= 11 is 0. The molecule has 2 aliphatic rings. The first-order chi connectivity index (χ1) is 14.0. The second-order valence-corrected chi connectivity index (χ2v) is 9.38. The maximum absolute atomic E-state index is 4.76. The minimum Gasteiger partial charge on any atom is -0.348 e. The van der Waals surface area contributed by atoms with Crippen LogP contribution in [-0.2, 0) is 23.8 Å². The van der Waals surface area contributed by atoms with E-state index in [1.165, 1.54) is 22.5 Å². The third-order valence-corrected chi connectivity index (χ3v) is 7.52. The monoisotopic (exact) mass is 386 g/mol. The third-order valence-electron chi connectivity index (χ3n) is 7.52. The maximum atomic E-state index is 4.76. The van der Waals surface area contributed by atoms with E-state index in [1.807, 2.05) is 12.4 Å². The molecule has 1 aromatic carbocycles. The SMILES string of the molecule is Cc1ccc(C(C)(C)N2CCC3(c4ncc[nH]4)Cc4ccccc4CC3C2)cn1. The average molecular weight is 387 g/mol. The number of imidazole rings is 1. The molecule has 4 heteroatoms. The largest absolute Gasteiger partial charge is 0.348 e. The number of benzene rings is 1. The number of pyridine rings is 1. The fourth-order valence-corrected chi connectivity index (χ4v) is 5.55. The number of aromatic amines is 1. The van der Waals surface area contributed by atoms with Crippen LogP contribution in [0.25, 0.3) is 0 Å². The molecule has 0 bridgehead atoms. The molecule has 4 nitrogen and oxygen atoms in total. The van der Waals surface area contributed by atoms with E-state index < -0.39 is 0 Å². The lowest BCUT2D eigenvalue weighted by molar-refractivity contribution is 0.0111. The van der Waals surface area contributed by atoms with E-state index in [1.54, 1.807) is 0 Å². The molecule has 0 saturated carbocycles. The van der Waals surface area contributed by atoms with Crippen molar-refractivity contribution in [3.8, 4) is 0 Å². The van der Waals surface area contributed by atoms with Crippen molar-refractivity contribution in [3.63, 3.8) is 0 Å². The Bertz CT molecular complexity index is 990. The fraction of sp³-hybridized carbons (Fsp3) is 0.440. The molecule has 5 rings (SSSR count). The number of fused-ring (bicyclic) bond motifs is 2. The minimum atomic E-state index is -0.0347. The Morgan fingerprint density at radius 1 is 1.10 bits per heavy atom. The van der Waals surface area contributed by atoms with Gasteiger partial charge in [0, 0.05) is 41.8 Å². The number of aryl methyl sites for hydroxylation is 1. The van der Waals surface area contributed by atoms with Gasteiger partial charge in [0.15, 0.2) is 0 Å². The van der Waals surface area contributed by atoms with E-state index in [-0.39, 0.29) is 11.0 Å². The van der Waals surface area contributed by atoms with Crippen LogP contribution < -0.4 is 0 Å². The van der Waals surface area contributed by atoms with Gasteiger partial charge in [-0.2, -0.15) is 0 Å². The Hall–Kier alpha value is -2.46. The van der Waals surface area contributed by atoms with E-state index in [9.17, 15) is 0 Å². The summed E-state index contributed by atoms with van der Waals surface area (Å²) in [6.07, 6.45) is 9.28.